The predicted molar refractivity (Wildman–Crippen MR) is 83.4 cm³/mol. The number of hydrogen-bond donors (Lipinski definition) is 1. The van der Waals surface area contributed by atoms with Crippen molar-refractivity contribution in [1.82, 2.24) is 0 Å². The van der Waals surface area contributed by atoms with Crippen molar-refractivity contribution in [2.24, 2.45) is 0 Å². The van der Waals surface area contributed by atoms with Crippen LogP contribution in [-0.2, 0) is 0 Å². The highest BCUT2D eigenvalue weighted by atomic mass is 35.5. The zero-order chi connectivity index (χ0) is 14.8. The highest BCUT2D eigenvalue weighted by molar-refractivity contribution is 6.30. The van der Waals surface area contributed by atoms with Gasteiger partial charge in [-0.15, -0.1) is 0 Å². The molecule has 0 aromatic heterocycles. The van der Waals surface area contributed by atoms with Gasteiger partial charge in [0.05, 0.1) is 17.3 Å². The SMILES string of the molecule is N#Cc1ccc(Nc2ccc(Cl)cc2F)c2ccccc12. The van der Waals surface area contributed by atoms with E-state index < -0.39 is 5.82 Å². The summed E-state index contributed by atoms with van der Waals surface area (Å²) in [5, 5.41) is 14.2. The van der Waals surface area contributed by atoms with E-state index in [0.29, 0.717) is 16.3 Å². The largest absolute Gasteiger partial charge is 0.353 e. The normalized spacial score (nSPS) is 10.3. The number of halogens is 2. The Bertz CT molecular complexity index is 868. The third-order valence-electron chi connectivity index (χ3n) is 3.24. The van der Waals surface area contributed by atoms with E-state index in [9.17, 15) is 4.39 Å². The smallest absolute Gasteiger partial charge is 0.148 e. The van der Waals surface area contributed by atoms with Crippen molar-refractivity contribution in [2.75, 3.05) is 5.32 Å². The first-order valence-corrected chi connectivity index (χ1v) is 6.71. The van der Waals surface area contributed by atoms with E-state index in [0.717, 1.165) is 16.5 Å². The van der Waals surface area contributed by atoms with Crippen LogP contribution >= 0.6 is 11.6 Å². The predicted octanol–water partition coefficient (Wildman–Crippen LogP) is 5.25. The third kappa shape index (κ3) is 2.54. The molecule has 21 heavy (non-hydrogen) atoms. The first kappa shape index (κ1) is 13.4. The molecule has 3 rings (SSSR count). The second kappa shape index (κ2) is 5.43. The Morgan fingerprint density at radius 2 is 1.67 bits per heavy atom. The first-order chi connectivity index (χ1) is 10.2. The zero-order valence-electron chi connectivity index (χ0n) is 10.9. The molecule has 3 aromatic carbocycles. The van der Waals surface area contributed by atoms with Crippen LogP contribution in [0.2, 0.25) is 5.02 Å². The number of benzene rings is 3. The standard InChI is InChI=1S/C17H10ClFN2/c18-12-6-8-17(15(19)9-12)21-16-7-5-11(10-20)13-3-1-2-4-14(13)16/h1-9,21H. The average molecular weight is 297 g/mol. The van der Waals surface area contributed by atoms with E-state index in [1.165, 1.54) is 6.07 Å². The highest BCUT2D eigenvalue weighted by Gasteiger charge is 2.08. The van der Waals surface area contributed by atoms with Gasteiger partial charge in [0.25, 0.3) is 0 Å². The minimum atomic E-state index is -0.420. The van der Waals surface area contributed by atoms with Gasteiger partial charge in [-0.1, -0.05) is 35.9 Å². The van der Waals surface area contributed by atoms with Crippen LogP contribution < -0.4 is 5.32 Å². The summed E-state index contributed by atoms with van der Waals surface area (Å²) < 4.78 is 13.9. The molecule has 0 unspecified atom stereocenters. The van der Waals surface area contributed by atoms with Crippen LogP contribution in [0.3, 0.4) is 0 Å². The fourth-order valence-corrected chi connectivity index (χ4v) is 2.40. The van der Waals surface area contributed by atoms with Crippen LogP contribution in [0.4, 0.5) is 15.8 Å². The molecule has 0 heterocycles. The number of nitriles is 1. The molecule has 3 aromatic rings. The maximum absolute atomic E-state index is 13.9. The lowest BCUT2D eigenvalue weighted by molar-refractivity contribution is 0.632. The summed E-state index contributed by atoms with van der Waals surface area (Å²) in [7, 11) is 0. The second-order valence-corrected chi connectivity index (χ2v) is 5.00. The molecule has 0 saturated carbocycles. The third-order valence-corrected chi connectivity index (χ3v) is 3.48. The number of hydrogen-bond acceptors (Lipinski definition) is 2. The summed E-state index contributed by atoms with van der Waals surface area (Å²) in [4.78, 5) is 0. The van der Waals surface area contributed by atoms with E-state index >= 15 is 0 Å². The lowest BCUT2D eigenvalue weighted by Crippen LogP contribution is -1.95. The van der Waals surface area contributed by atoms with E-state index in [4.69, 9.17) is 16.9 Å². The zero-order valence-corrected chi connectivity index (χ0v) is 11.7. The van der Waals surface area contributed by atoms with Crippen molar-refractivity contribution >= 4 is 33.7 Å². The molecule has 1 N–H and O–H groups in total. The van der Waals surface area contributed by atoms with E-state index in [2.05, 4.69) is 11.4 Å². The van der Waals surface area contributed by atoms with Crippen LogP contribution in [0.5, 0.6) is 0 Å². The van der Waals surface area contributed by atoms with Gasteiger partial charge in [-0.05, 0) is 30.3 Å². The molecular weight excluding hydrogens is 287 g/mol. The fraction of sp³-hybridized carbons (Fsp3) is 0. The van der Waals surface area contributed by atoms with Gasteiger partial charge in [-0.3, -0.25) is 0 Å². The Balaban J connectivity index is 2.12. The summed E-state index contributed by atoms with van der Waals surface area (Å²) in [5.74, 6) is -0.420. The number of fused-ring (bicyclic) bond motifs is 1. The van der Waals surface area contributed by atoms with Crippen LogP contribution in [0.25, 0.3) is 10.8 Å². The van der Waals surface area contributed by atoms with Gasteiger partial charge < -0.3 is 5.32 Å². The van der Waals surface area contributed by atoms with Gasteiger partial charge in [0, 0.05) is 21.5 Å². The molecule has 2 nitrogen and oxygen atoms in total. The lowest BCUT2D eigenvalue weighted by atomic mass is 10.0. The minimum Gasteiger partial charge on any atom is -0.353 e. The van der Waals surface area contributed by atoms with Gasteiger partial charge in [0.2, 0.25) is 0 Å². The maximum atomic E-state index is 13.9. The second-order valence-electron chi connectivity index (χ2n) is 4.57. The molecular formula is C17H10ClFN2. The first-order valence-electron chi connectivity index (χ1n) is 6.33. The summed E-state index contributed by atoms with van der Waals surface area (Å²) in [6.07, 6.45) is 0. The summed E-state index contributed by atoms with van der Waals surface area (Å²) >= 11 is 5.75. The summed E-state index contributed by atoms with van der Waals surface area (Å²) in [6.45, 7) is 0. The molecule has 0 aliphatic heterocycles. The van der Waals surface area contributed by atoms with Crippen molar-refractivity contribution < 1.29 is 4.39 Å². The van der Waals surface area contributed by atoms with E-state index in [1.807, 2.05) is 24.3 Å². The molecule has 0 fully saturated rings. The van der Waals surface area contributed by atoms with Crippen LogP contribution in [-0.4, -0.2) is 0 Å². The molecule has 0 aliphatic carbocycles. The molecule has 0 bridgehead atoms. The Kier molecular flexibility index (Phi) is 3.47. The molecule has 0 spiro atoms. The van der Waals surface area contributed by atoms with E-state index in [-0.39, 0.29) is 0 Å². The monoisotopic (exact) mass is 296 g/mol. The van der Waals surface area contributed by atoms with Crippen molar-refractivity contribution in [1.29, 1.82) is 5.26 Å². The van der Waals surface area contributed by atoms with Crippen molar-refractivity contribution in [3.63, 3.8) is 0 Å². The summed E-state index contributed by atoms with van der Waals surface area (Å²) in [6, 6.07) is 17.6. The topological polar surface area (TPSA) is 35.8 Å². The van der Waals surface area contributed by atoms with Gasteiger partial charge in [-0.2, -0.15) is 5.26 Å². The molecule has 0 amide bonds. The van der Waals surface area contributed by atoms with Crippen LogP contribution in [0.1, 0.15) is 5.56 Å². The average Bonchev–Trinajstić information content (AvgIpc) is 2.50. The Morgan fingerprint density at radius 3 is 2.38 bits per heavy atom. The number of nitrogens with one attached hydrogen (secondary N) is 1. The van der Waals surface area contributed by atoms with E-state index in [1.54, 1.807) is 24.3 Å². The van der Waals surface area contributed by atoms with Crippen molar-refractivity contribution in [2.45, 2.75) is 0 Å². The molecule has 0 atom stereocenters. The summed E-state index contributed by atoms with van der Waals surface area (Å²) in [5.41, 5.74) is 1.67. The Hall–Kier alpha value is -2.57. The molecule has 4 heteroatoms. The number of nitrogens with zero attached hydrogens (tertiary/aromatic N) is 1. The minimum absolute atomic E-state index is 0.342. The van der Waals surface area contributed by atoms with Crippen LogP contribution in [0.15, 0.2) is 54.6 Å². The lowest BCUT2D eigenvalue weighted by Gasteiger charge is -2.11. The Morgan fingerprint density at radius 1 is 0.952 bits per heavy atom. The van der Waals surface area contributed by atoms with Crippen molar-refractivity contribution in [3.8, 4) is 6.07 Å². The molecule has 102 valence electrons. The molecule has 0 radical (unpaired) electrons. The van der Waals surface area contributed by atoms with Crippen LogP contribution in [0, 0.1) is 17.1 Å². The number of rotatable bonds is 2. The fourth-order valence-electron chi connectivity index (χ4n) is 2.24. The maximum Gasteiger partial charge on any atom is 0.148 e. The van der Waals surface area contributed by atoms with Gasteiger partial charge in [0.1, 0.15) is 5.82 Å². The molecule has 0 aliphatic rings. The molecule has 0 saturated heterocycles. The number of anilines is 2. The highest BCUT2D eigenvalue weighted by Crippen LogP contribution is 2.30. The van der Waals surface area contributed by atoms with Gasteiger partial charge in [-0.25, -0.2) is 4.39 Å². The quantitative estimate of drug-likeness (QED) is 0.701. The Labute approximate surface area is 126 Å². The van der Waals surface area contributed by atoms with Crippen molar-refractivity contribution in [3.05, 3.63) is 71.0 Å². The van der Waals surface area contributed by atoms with Gasteiger partial charge in [0.15, 0.2) is 0 Å². The van der Waals surface area contributed by atoms with Gasteiger partial charge >= 0.3 is 0 Å².